The maximum atomic E-state index is 12.4. The number of nitrogens with one attached hydrogen (secondary N) is 1. The maximum absolute atomic E-state index is 12.4. The Morgan fingerprint density at radius 2 is 1.88 bits per heavy atom. The van der Waals surface area contributed by atoms with Crippen molar-refractivity contribution in [1.82, 2.24) is 5.32 Å². The molecular weight excluding hydrogens is 231 g/mol. The zero-order chi connectivity index (χ0) is 12.7. The van der Waals surface area contributed by atoms with Crippen molar-refractivity contribution in [2.75, 3.05) is 6.54 Å². The lowest BCUT2D eigenvalue weighted by atomic mass is 10.0. The molecule has 1 aromatic carbocycles. The topological polar surface area (TPSA) is 21.3 Å². The molecule has 0 bridgehead atoms. The predicted molar refractivity (Wildman–Crippen MR) is 57.3 cm³/mol. The van der Waals surface area contributed by atoms with Gasteiger partial charge in [0.2, 0.25) is 0 Å². The molecule has 0 spiro atoms. The molecule has 17 heavy (non-hydrogen) atoms. The van der Waals surface area contributed by atoms with Crippen LogP contribution in [0.4, 0.5) is 13.2 Å². The van der Waals surface area contributed by atoms with Gasteiger partial charge in [0.25, 0.3) is 0 Å². The molecule has 2 atom stereocenters. The van der Waals surface area contributed by atoms with Crippen molar-refractivity contribution in [3.63, 3.8) is 0 Å². The number of hydrogen-bond acceptors (Lipinski definition) is 2. The van der Waals surface area contributed by atoms with E-state index in [1.165, 1.54) is 12.1 Å². The fourth-order valence-electron chi connectivity index (χ4n) is 1.97. The maximum Gasteiger partial charge on any atom is 0.416 e. The molecule has 2 rings (SSSR count). The average Bonchev–Trinajstić information content (AvgIpc) is 2.59. The predicted octanol–water partition coefficient (Wildman–Crippen LogP) is 2.89. The number of benzene rings is 1. The van der Waals surface area contributed by atoms with Crippen molar-refractivity contribution in [2.45, 2.75) is 31.9 Å². The Bertz CT molecular complexity index is 401. The molecule has 5 heteroatoms. The molecule has 94 valence electrons. The summed E-state index contributed by atoms with van der Waals surface area (Å²) >= 11 is 0. The van der Waals surface area contributed by atoms with Gasteiger partial charge in [-0.25, -0.2) is 0 Å². The van der Waals surface area contributed by atoms with Gasteiger partial charge in [0.15, 0.2) is 0 Å². The van der Waals surface area contributed by atoms with Gasteiger partial charge in [0.1, 0.15) is 5.72 Å². The molecule has 2 nitrogen and oxygen atoms in total. The van der Waals surface area contributed by atoms with E-state index in [1.807, 2.05) is 13.8 Å². The molecule has 1 aliphatic heterocycles. The molecule has 0 amide bonds. The molecule has 1 aromatic rings. The van der Waals surface area contributed by atoms with E-state index in [-0.39, 0.29) is 6.10 Å². The third-order valence-electron chi connectivity index (χ3n) is 2.93. The van der Waals surface area contributed by atoms with Crippen molar-refractivity contribution in [2.24, 2.45) is 0 Å². The highest BCUT2D eigenvalue weighted by molar-refractivity contribution is 5.28. The van der Waals surface area contributed by atoms with Crippen LogP contribution >= 0.6 is 0 Å². The third-order valence-corrected chi connectivity index (χ3v) is 2.93. The lowest BCUT2D eigenvalue weighted by Crippen LogP contribution is -2.34. The molecule has 1 saturated heterocycles. The van der Waals surface area contributed by atoms with Gasteiger partial charge in [-0.3, -0.25) is 5.32 Å². The van der Waals surface area contributed by atoms with Gasteiger partial charge in [-0.05, 0) is 31.5 Å². The zero-order valence-electron chi connectivity index (χ0n) is 9.64. The second-order valence-electron chi connectivity index (χ2n) is 4.42. The monoisotopic (exact) mass is 245 g/mol. The lowest BCUT2D eigenvalue weighted by Gasteiger charge is -2.25. The summed E-state index contributed by atoms with van der Waals surface area (Å²) in [6.45, 7) is 4.43. The van der Waals surface area contributed by atoms with Gasteiger partial charge in [-0.15, -0.1) is 0 Å². The number of ether oxygens (including phenoxy) is 1. The third kappa shape index (κ3) is 2.45. The molecule has 0 aromatic heterocycles. The van der Waals surface area contributed by atoms with Crippen LogP contribution in [0.3, 0.4) is 0 Å². The minimum atomic E-state index is -4.29. The highest BCUT2D eigenvalue weighted by Crippen LogP contribution is 2.32. The Labute approximate surface area is 97.8 Å². The lowest BCUT2D eigenvalue weighted by molar-refractivity contribution is -0.137. The van der Waals surface area contributed by atoms with Crippen LogP contribution in [0.5, 0.6) is 0 Å². The van der Waals surface area contributed by atoms with Crippen LogP contribution in [0.25, 0.3) is 0 Å². The van der Waals surface area contributed by atoms with Crippen LogP contribution in [0.2, 0.25) is 0 Å². The van der Waals surface area contributed by atoms with E-state index in [4.69, 9.17) is 4.74 Å². The average molecular weight is 245 g/mol. The van der Waals surface area contributed by atoms with E-state index in [0.29, 0.717) is 12.1 Å². The van der Waals surface area contributed by atoms with Gasteiger partial charge in [-0.2, -0.15) is 13.2 Å². The highest BCUT2D eigenvalue weighted by atomic mass is 19.4. The fraction of sp³-hybridized carbons (Fsp3) is 0.500. The summed E-state index contributed by atoms with van der Waals surface area (Å²) in [5, 5.41) is 3.15. The molecule has 1 heterocycles. The van der Waals surface area contributed by atoms with Gasteiger partial charge in [0.05, 0.1) is 11.7 Å². The summed E-state index contributed by atoms with van der Waals surface area (Å²) in [7, 11) is 0. The van der Waals surface area contributed by atoms with E-state index in [2.05, 4.69) is 5.32 Å². The van der Waals surface area contributed by atoms with Crippen LogP contribution < -0.4 is 5.32 Å². The normalized spacial score (nSPS) is 29.6. The van der Waals surface area contributed by atoms with Gasteiger partial charge in [-0.1, -0.05) is 12.1 Å². The Hall–Kier alpha value is -1.07. The SMILES string of the molecule is CC1CNC(C)(c2ccc(C(F)(F)F)cc2)O1. The van der Waals surface area contributed by atoms with Gasteiger partial charge in [0, 0.05) is 6.54 Å². The summed E-state index contributed by atoms with van der Waals surface area (Å²) in [4.78, 5) is 0. The van der Waals surface area contributed by atoms with E-state index in [1.54, 1.807) is 0 Å². The second-order valence-corrected chi connectivity index (χ2v) is 4.42. The van der Waals surface area contributed by atoms with Crippen molar-refractivity contribution in [3.05, 3.63) is 35.4 Å². The highest BCUT2D eigenvalue weighted by Gasteiger charge is 2.36. The van der Waals surface area contributed by atoms with E-state index in [9.17, 15) is 13.2 Å². The van der Waals surface area contributed by atoms with Gasteiger partial charge >= 0.3 is 6.18 Å². The van der Waals surface area contributed by atoms with Crippen molar-refractivity contribution >= 4 is 0 Å². The quantitative estimate of drug-likeness (QED) is 0.821. The van der Waals surface area contributed by atoms with Crippen LogP contribution in [0.1, 0.15) is 25.0 Å². The summed E-state index contributed by atoms with van der Waals surface area (Å²) < 4.78 is 42.9. The smallest absolute Gasteiger partial charge is 0.352 e. The van der Waals surface area contributed by atoms with Crippen LogP contribution in [-0.2, 0) is 16.6 Å². The fourth-order valence-corrected chi connectivity index (χ4v) is 1.97. The van der Waals surface area contributed by atoms with E-state index in [0.717, 1.165) is 12.1 Å². The molecule has 1 aliphatic rings. The zero-order valence-corrected chi connectivity index (χ0v) is 9.64. The first-order valence-corrected chi connectivity index (χ1v) is 5.42. The van der Waals surface area contributed by atoms with Crippen LogP contribution in [0, 0.1) is 0 Å². The standard InChI is InChI=1S/C12H14F3NO/c1-8-7-16-11(2,17-8)9-3-5-10(6-4-9)12(13,14)15/h3-6,8,16H,7H2,1-2H3. The summed E-state index contributed by atoms with van der Waals surface area (Å²) in [5.74, 6) is 0. The number of alkyl halides is 3. The first-order valence-electron chi connectivity index (χ1n) is 5.42. The van der Waals surface area contributed by atoms with Crippen molar-refractivity contribution in [3.8, 4) is 0 Å². The minimum Gasteiger partial charge on any atom is -0.352 e. The van der Waals surface area contributed by atoms with Crippen molar-refractivity contribution in [1.29, 1.82) is 0 Å². The Morgan fingerprint density at radius 3 is 2.29 bits per heavy atom. The van der Waals surface area contributed by atoms with E-state index >= 15 is 0 Å². The molecule has 0 saturated carbocycles. The van der Waals surface area contributed by atoms with Crippen LogP contribution in [0.15, 0.2) is 24.3 Å². The minimum absolute atomic E-state index is 0.0577. The summed E-state index contributed by atoms with van der Waals surface area (Å²) in [6, 6.07) is 5.06. The first kappa shape index (κ1) is 12.4. The number of rotatable bonds is 1. The number of halogens is 3. The number of hydrogen-bond donors (Lipinski definition) is 1. The van der Waals surface area contributed by atoms with E-state index < -0.39 is 17.5 Å². The molecule has 2 unspecified atom stereocenters. The van der Waals surface area contributed by atoms with Gasteiger partial charge < -0.3 is 4.74 Å². The summed E-state index contributed by atoms with van der Waals surface area (Å²) in [5.41, 5.74) is -0.630. The van der Waals surface area contributed by atoms with Crippen LogP contribution in [-0.4, -0.2) is 12.6 Å². The Balaban J connectivity index is 2.24. The Kier molecular flexibility index (Phi) is 2.91. The largest absolute Gasteiger partial charge is 0.416 e. The summed E-state index contributed by atoms with van der Waals surface area (Å²) in [6.07, 6.45) is -4.24. The Morgan fingerprint density at radius 1 is 1.29 bits per heavy atom. The van der Waals surface area contributed by atoms with Crippen molar-refractivity contribution < 1.29 is 17.9 Å². The first-order chi connectivity index (χ1) is 7.81. The second kappa shape index (κ2) is 3.99. The molecule has 1 fully saturated rings. The molecule has 1 N–H and O–H groups in total. The molecular formula is C12H14F3NO. The molecule has 0 aliphatic carbocycles. The molecule has 0 radical (unpaired) electrons.